The monoisotopic (exact) mass is 614 g/mol. The number of carboxylic acid groups (broad SMARTS) is 1. The van der Waals surface area contributed by atoms with Crippen molar-refractivity contribution < 1.29 is 32.6 Å². The van der Waals surface area contributed by atoms with Crippen LogP contribution in [0.5, 0.6) is 0 Å². The summed E-state index contributed by atoms with van der Waals surface area (Å²) in [5, 5.41) is 21.4. The topological polar surface area (TPSA) is 173 Å². The largest absolute Gasteiger partial charge is 0.481 e. The van der Waals surface area contributed by atoms with Crippen LogP contribution in [0.4, 0.5) is 4.79 Å². The Morgan fingerprint density at radius 1 is 1.14 bits per heavy atom. The normalized spacial score (nSPS) is 18.0. The van der Waals surface area contributed by atoms with Gasteiger partial charge in [-0.1, -0.05) is 18.2 Å². The highest BCUT2D eigenvalue weighted by Crippen LogP contribution is 2.29. The summed E-state index contributed by atoms with van der Waals surface area (Å²) in [5.41, 5.74) is 1.30. The minimum Gasteiger partial charge on any atom is -0.481 e. The molecule has 0 radical (unpaired) electrons. The SMILES string of the molecule is COC(=O)NC(=N)c1ccc2cc(S(=O)(=O)N3CCN(C(=O)c4nc5c(s4)CN(C)CC5)C(CC(=O)O)C3)ccc2c1. The van der Waals surface area contributed by atoms with Crippen molar-refractivity contribution in [3.8, 4) is 0 Å². The second-order valence-corrected chi connectivity index (χ2v) is 13.2. The van der Waals surface area contributed by atoms with Gasteiger partial charge in [0.1, 0.15) is 5.84 Å². The number of benzene rings is 2. The van der Waals surface area contributed by atoms with Gasteiger partial charge in [0.25, 0.3) is 5.91 Å². The molecule has 13 nitrogen and oxygen atoms in total. The summed E-state index contributed by atoms with van der Waals surface area (Å²) in [6.07, 6.45) is -0.444. The number of carboxylic acids is 1. The first-order valence-electron chi connectivity index (χ1n) is 13.1. The number of alkyl carbamates (subject to hydrolysis) is 1. The van der Waals surface area contributed by atoms with Gasteiger partial charge in [-0.3, -0.25) is 20.3 Å². The Hall–Kier alpha value is -3.92. The lowest BCUT2D eigenvalue weighted by molar-refractivity contribution is -0.138. The highest BCUT2D eigenvalue weighted by molar-refractivity contribution is 7.89. The lowest BCUT2D eigenvalue weighted by atomic mass is 10.1. The maximum atomic E-state index is 13.7. The average Bonchev–Trinajstić information content (AvgIpc) is 3.39. The number of hydrogen-bond donors (Lipinski definition) is 3. The molecule has 222 valence electrons. The van der Waals surface area contributed by atoms with Crippen LogP contribution >= 0.6 is 11.3 Å². The van der Waals surface area contributed by atoms with E-state index < -0.39 is 34.5 Å². The molecule has 5 rings (SSSR count). The molecule has 0 spiro atoms. The minimum absolute atomic E-state index is 0.00531. The molecule has 1 fully saturated rings. The number of aliphatic carboxylic acids is 1. The number of aromatic nitrogens is 1. The van der Waals surface area contributed by atoms with E-state index in [-0.39, 0.29) is 36.3 Å². The van der Waals surface area contributed by atoms with Crippen molar-refractivity contribution in [2.75, 3.05) is 40.3 Å². The number of carbonyl (C=O) groups is 3. The number of carbonyl (C=O) groups excluding carboxylic acids is 2. The van der Waals surface area contributed by atoms with Gasteiger partial charge < -0.3 is 19.6 Å². The number of rotatable bonds is 6. The molecule has 15 heteroatoms. The fourth-order valence-corrected chi connectivity index (χ4v) is 7.79. The van der Waals surface area contributed by atoms with Crippen LogP contribution in [-0.2, 0) is 32.5 Å². The van der Waals surface area contributed by atoms with Gasteiger partial charge in [-0.25, -0.2) is 18.2 Å². The zero-order valence-corrected chi connectivity index (χ0v) is 24.6. The van der Waals surface area contributed by atoms with Gasteiger partial charge in [0.2, 0.25) is 10.0 Å². The zero-order valence-electron chi connectivity index (χ0n) is 23.0. The summed E-state index contributed by atoms with van der Waals surface area (Å²) in [6, 6.07) is 8.56. The van der Waals surface area contributed by atoms with Crippen LogP contribution in [0.3, 0.4) is 0 Å². The summed E-state index contributed by atoms with van der Waals surface area (Å²) in [5.74, 6) is -1.68. The smallest absolute Gasteiger partial charge is 0.412 e. The van der Waals surface area contributed by atoms with Gasteiger partial charge >= 0.3 is 12.1 Å². The van der Waals surface area contributed by atoms with Crippen LogP contribution in [0.1, 0.15) is 32.4 Å². The second kappa shape index (κ2) is 11.8. The molecule has 3 N–H and O–H groups in total. The lowest BCUT2D eigenvalue weighted by Gasteiger charge is -2.39. The Kier molecular flexibility index (Phi) is 8.28. The second-order valence-electron chi connectivity index (χ2n) is 10.2. The Balaban J connectivity index is 1.35. The molecule has 2 amide bonds. The molecule has 2 aliphatic heterocycles. The molecule has 2 aromatic carbocycles. The van der Waals surface area contributed by atoms with Gasteiger partial charge in [-0.05, 0) is 36.0 Å². The van der Waals surface area contributed by atoms with E-state index in [1.54, 1.807) is 24.3 Å². The highest BCUT2D eigenvalue weighted by atomic mass is 32.2. The summed E-state index contributed by atoms with van der Waals surface area (Å²) in [4.78, 5) is 45.8. The number of amides is 2. The fourth-order valence-electron chi connectivity index (χ4n) is 5.14. The van der Waals surface area contributed by atoms with Crippen LogP contribution in [-0.4, -0.2) is 103 Å². The number of fused-ring (bicyclic) bond motifs is 2. The predicted molar refractivity (Wildman–Crippen MR) is 154 cm³/mol. The Morgan fingerprint density at radius 2 is 1.88 bits per heavy atom. The van der Waals surface area contributed by atoms with Crippen LogP contribution in [0.15, 0.2) is 41.3 Å². The molecular weight excluding hydrogens is 584 g/mol. The van der Waals surface area contributed by atoms with E-state index in [1.807, 2.05) is 7.05 Å². The van der Waals surface area contributed by atoms with E-state index in [0.29, 0.717) is 27.9 Å². The standard InChI is InChI=1S/C27H30N6O7S2/c1-31-8-7-21-22(15-31)41-25(29-21)26(36)33-10-9-32(14-19(33)13-23(34)35)42(38,39)20-6-5-16-11-18(4-3-17(16)12-20)24(28)30-27(37)40-2/h3-6,11-12,19H,7-10,13-15H2,1-2H3,(H,34,35)(H2,28,30,37). The quantitative estimate of drug-likeness (QED) is 0.277. The molecule has 0 aliphatic carbocycles. The third-order valence-corrected chi connectivity index (χ3v) is 10.3. The van der Waals surface area contributed by atoms with Crippen molar-refractivity contribution in [3.05, 3.63) is 57.5 Å². The fraction of sp³-hybridized carbons (Fsp3) is 0.370. The third-order valence-electron chi connectivity index (χ3n) is 7.37. The van der Waals surface area contributed by atoms with Crippen LogP contribution < -0.4 is 5.32 Å². The summed E-state index contributed by atoms with van der Waals surface area (Å²) in [6.45, 7) is 1.42. The Morgan fingerprint density at radius 3 is 2.62 bits per heavy atom. The molecule has 3 aromatic rings. The van der Waals surface area contributed by atoms with Crippen molar-refractivity contribution in [1.82, 2.24) is 24.4 Å². The van der Waals surface area contributed by atoms with Gasteiger partial charge in [0, 0.05) is 49.6 Å². The average molecular weight is 615 g/mol. The molecule has 42 heavy (non-hydrogen) atoms. The number of piperazine rings is 1. The number of nitrogens with zero attached hydrogens (tertiary/aromatic N) is 4. The van der Waals surface area contributed by atoms with Gasteiger partial charge in [-0.2, -0.15) is 4.31 Å². The van der Waals surface area contributed by atoms with Gasteiger partial charge in [0.15, 0.2) is 5.01 Å². The number of hydrogen-bond acceptors (Lipinski definition) is 10. The number of thiazole rings is 1. The molecule has 0 bridgehead atoms. The number of sulfonamides is 1. The molecule has 1 saturated heterocycles. The van der Waals surface area contributed by atoms with Crippen molar-refractivity contribution >= 4 is 55.9 Å². The van der Waals surface area contributed by atoms with Crippen molar-refractivity contribution in [2.24, 2.45) is 0 Å². The minimum atomic E-state index is -4.02. The molecule has 3 heterocycles. The molecule has 1 unspecified atom stereocenters. The predicted octanol–water partition coefficient (Wildman–Crippen LogP) is 1.96. The molecule has 2 aliphatic rings. The van der Waals surface area contributed by atoms with E-state index in [9.17, 15) is 27.9 Å². The van der Waals surface area contributed by atoms with Crippen molar-refractivity contribution in [1.29, 1.82) is 5.41 Å². The van der Waals surface area contributed by atoms with Crippen molar-refractivity contribution in [2.45, 2.75) is 30.3 Å². The van der Waals surface area contributed by atoms with Crippen LogP contribution in [0.25, 0.3) is 10.8 Å². The number of amidine groups is 1. The summed E-state index contributed by atoms with van der Waals surface area (Å²) < 4.78 is 33.1. The van der Waals surface area contributed by atoms with Crippen molar-refractivity contribution in [3.63, 3.8) is 0 Å². The lowest BCUT2D eigenvalue weighted by Crippen LogP contribution is -2.57. The Bertz CT molecular complexity index is 1690. The van der Waals surface area contributed by atoms with E-state index in [2.05, 4.69) is 19.9 Å². The summed E-state index contributed by atoms with van der Waals surface area (Å²) >= 11 is 1.31. The van der Waals surface area contributed by atoms with Crippen LogP contribution in [0, 0.1) is 5.41 Å². The van der Waals surface area contributed by atoms with E-state index in [1.165, 1.54) is 39.8 Å². The number of ether oxygens (including phenoxy) is 1. The summed E-state index contributed by atoms with van der Waals surface area (Å²) in [7, 11) is -0.832. The molecule has 1 atom stereocenters. The highest BCUT2D eigenvalue weighted by Gasteiger charge is 2.39. The van der Waals surface area contributed by atoms with Gasteiger partial charge in [-0.15, -0.1) is 11.3 Å². The first-order chi connectivity index (χ1) is 20.0. The molecule has 0 saturated carbocycles. The number of methoxy groups -OCH3 is 1. The zero-order chi connectivity index (χ0) is 30.2. The number of likely N-dealkylation sites (N-methyl/N-ethyl adjacent to an activating group) is 1. The van der Waals surface area contributed by atoms with Gasteiger partial charge in [0.05, 0.1) is 30.2 Å². The van der Waals surface area contributed by atoms with E-state index in [0.717, 1.165) is 23.5 Å². The van der Waals surface area contributed by atoms with E-state index in [4.69, 9.17) is 5.41 Å². The first-order valence-corrected chi connectivity index (χ1v) is 15.4. The first kappa shape index (κ1) is 29.6. The maximum absolute atomic E-state index is 13.7. The van der Waals surface area contributed by atoms with E-state index >= 15 is 0 Å². The molecular formula is C27H30N6O7S2. The Labute approximate surface area is 246 Å². The number of nitrogens with one attached hydrogen (secondary N) is 2. The van der Waals surface area contributed by atoms with Crippen LogP contribution in [0.2, 0.25) is 0 Å². The maximum Gasteiger partial charge on any atom is 0.412 e. The third kappa shape index (κ3) is 5.99. The molecule has 1 aromatic heterocycles.